The number of nitrogens with one attached hydrogen (secondary N) is 1. The van der Waals surface area contributed by atoms with Crippen molar-refractivity contribution in [1.82, 2.24) is 9.36 Å². The summed E-state index contributed by atoms with van der Waals surface area (Å²) in [6.07, 6.45) is 1.16. The maximum absolute atomic E-state index is 4.45. The van der Waals surface area contributed by atoms with Crippen LogP contribution in [-0.4, -0.2) is 15.4 Å². The Balaban J connectivity index is 2.49. The maximum Gasteiger partial charge on any atom is 0.202 e. The van der Waals surface area contributed by atoms with Crippen LogP contribution in [0.5, 0.6) is 0 Å². The lowest BCUT2D eigenvalue weighted by molar-refractivity contribution is 0.539. The topological polar surface area (TPSA) is 37.8 Å². The second-order valence-electron chi connectivity index (χ2n) is 4.79. The highest BCUT2D eigenvalue weighted by Gasteiger charge is 2.10. The molecule has 15 heavy (non-hydrogen) atoms. The monoisotopic (exact) mass is 227 g/mol. The smallest absolute Gasteiger partial charge is 0.202 e. The van der Waals surface area contributed by atoms with Crippen molar-refractivity contribution in [2.75, 3.05) is 5.32 Å². The first-order valence-corrected chi connectivity index (χ1v) is 6.36. The average Bonchev–Trinajstić information content (AvgIpc) is 2.50. The molecule has 0 radical (unpaired) electrons. The van der Waals surface area contributed by atoms with Crippen molar-refractivity contribution >= 4 is 16.7 Å². The molecule has 1 aromatic rings. The van der Waals surface area contributed by atoms with Crippen LogP contribution in [0.2, 0.25) is 0 Å². The molecule has 0 saturated carbocycles. The Morgan fingerprint density at radius 1 is 1.20 bits per heavy atom. The Labute approximate surface area is 96.5 Å². The molecule has 0 aliphatic rings. The zero-order chi connectivity index (χ0) is 11.4. The van der Waals surface area contributed by atoms with E-state index in [1.54, 1.807) is 0 Å². The first-order chi connectivity index (χ1) is 6.99. The van der Waals surface area contributed by atoms with Crippen LogP contribution in [0.4, 0.5) is 5.13 Å². The Hall–Kier alpha value is -0.640. The Kier molecular flexibility index (Phi) is 4.51. The summed E-state index contributed by atoms with van der Waals surface area (Å²) in [5.41, 5.74) is 0. The van der Waals surface area contributed by atoms with Gasteiger partial charge >= 0.3 is 0 Å². The van der Waals surface area contributed by atoms with E-state index in [1.165, 1.54) is 11.5 Å². The highest BCUT2D eigenvalue weighted by molar-refractivity contribution is 7.09. The van der Waals surface area contributed by atoms with Gasteiger partial charge in [-0.3, -0.25) is 0 Å². The van der Waals surface area contributed by atoms with Crippen LogP contribution in [0, 0.1) is 5.92 Å². The Morgan fingerprint density at radius 2 is 1.87 bits per heavy atom. The molecule has 0 aromatic carbocycles. The molecule has 1 rings (SSSR count). The summed E-state index contributed by atoms with van der Waals surface area (Å²) < 4.78 is 4.32. The molecule has 0 bridgehead atoms. The van der Waals surface area contributed by atoms with Crippen LogP contribution in [0.1, 0.15) is 52.8 Å². The second-order valence-corrected chi connectivity index (χ2v) is 5.54. The molecule has 1 unspecified atom stereocenters. The van der Waals surface area contributed by atoms with Crippen molar-refractivity contribution in [1.29, 1.82) is 0 Å². The summed E-state index contributed by atoms with van der Waals surface area (Å²) in [6, 6.07) is 0.470. The van der Waals surface area contributed by atoms with Crippen LogP contribution in [0.25, 0.3) is 0 Å². The average molecular weight is 227 g/mol. The number of hydrogen-bond donors (Lipinski definition) is 1. The van der Waals surface area contributed by atoms with Crippen molar-refractivity contribution in [3.05, 3.63) is 5.82 Å². The summed E-state index contributed by atoms with van der Waals surface area (Å²) >= 11 is 1.46. The molecule has 86 valence electrons. The number of aromatic nitrogens is 2. The second kappa shape index (κ2) is 5.45. The number of rotatable bonds is 5. The molecule has 1 heterocycles. The van der Waals surface area contributed by atoms with Gasteiger partial charge in [0.1, 0.15) is 5.82 Å². The van der Waals surface area contributed by atoms with Crippen LogP contribution in [0.3, 0.4) is 0 Å². The largest absolute Gasteiger partial charge is 0.358 e. The highest BCUT2D eigenvalue weighted by atomic mass is 32.1. The predicted molar refractivity (Wildman–Crippen MR) is 66.5 cm³/mol. The minimum absolute atomic E-state index is 0.414. The van der Waals surface area contributed by atoms with Crippen LogP contribution < -0.4 is 5.32 Å². The van der Waals surface area contributed by atoms with Gasteiger partial charge in [-0.25, -0.2) is 4.98 Å². The van der Waals surface area contributed by atoms with Gasteiger partial charge < -0.3 is 5.32 Å². The zero-order valence-corrected chi connectivity index (χ0v) is 11.1. The first kappa shape index (κ1) is 12.4. The van der Waals surface area contributed by atoms with E-state index in [4.69, 9.17) is 0 Å². The van der Waals surface area contributed by atoms with Crippen molar-refractivity contribution in [3.63, 3.8) is 0 Å². The summed E-state index contributed by atoms with van der Waals surface area (Å²) in [5.74, 6) is 2.07. The van der Waals surface area contributed by atoms with Gasteiger partial charge in [-0.1, -0.05) is 27.7 Å². The van der Waals surface area contributed by atoms with Crippen LogP contribution in [-0.2, 0) is 0 Å². The van der Waals surface area contributed by atoms with E-state index in [0.717, 1.165) is 17.4 Å². The molecule has 4 heteroatoms. The molecular formula is C11H21N3S. The molecular weight excluding hydrogens is 206 g/mol. The van der Waals surface area contributed by atoms with E-state index in [9.17, 15) is 0 Å². The molecule has 0 saturated heterocycles. The highest BCUT2D eigenvalue weighted by Crippen LogP contribution is 2.19. The van der Waals surface area contributed by atoms with E-state index < -0.39 is 0 Å². The summed E-state index contributed by atoms with van der Waals surface area (Å²) in [7, 11) is 0. The van der Waals surface area contributed by atoms with Gasteiger partial charge in [0.2, 0.25) is 5.13 Å². The lowest BCUT2D eigenvalue weighted by Crippen LogP contribution is -2.17. The quantitative estimate of drug-likeness (QED) is 0.836. The van der Waals surface area contributed by atoms with E-state index in [1.807, 2.05) is 0 Å². The zero-order valence-electron chi connectivity index (χ0n) is 10.2. The third-order valence-corrected chi connectivity index (χ3v) is 2.81. The van der Waals surface area contributed by atoms with Gasteiger partial charge in [0, 0.05) is 23.5 Å². The van der Waals surface area contributed by atoms with Crippen LogP contribution >= 0.6 is 11.5 Å². The molecule has 0 spiro atoms. The van der Waals surface area contributed by atoms with Crippen molar-refractivity contribution < 1.29 is 0 Å². The minimum atomic E-state index is 0.414. The number of nitrogens with zero attached hydrogens (tertiary/aromatic N) is 2. The minimum Gasteiger partial charge on any atom is -0.358 e. The van der Waals surface area contributed by atoms with Crippen molar-refractivity contribution in [2.24, 2.45) is 5.92 Å². The van der Waals surface area contributed by atoms with Gasteiger partial charge in [-0.05, 0) is 19.3 Å². The van der Waals surface area contributed by atoms with Crippen LogP contribution in [0.15, 0.2) is 0 Å². The van der Waals surface area contributed by atoms with E-state index in [2.05, 4.69) is 49.3 Å². The third kappa shape index (κ3) is 4.16. The third-order valence-electron chi connectivity index (χ3n) is 2.15. The van der Waals surface area contributed by atoms with Crippen molar-refractivity contribution in [2.45, 2.75) is 53.0 Å². The van der Waals surface area contributed by atoms with Gasteiger partial charge in [-0.2, -0.15) is 4.37 Å². The van der Waals surface area contributed by atoms with E-state index in [-0.39, 0.29) is 0 Å². The molecule has 1 N–H and O–H groups in total. The standard InChI is InChI=1S/C11H21N3S/c1-7(2)6-9(5)12-11-13-10(8(3)4)14-15-11/h7-9H,6H2,1-5H3,(H,12,13,14). The Morgan fingerprint density at radius 3 is 2.33 bits per heavy atom. The molecule has 1 aromatic heterocycles. The van der Waals surface area contributed by atoms with Gasteiger partial charge in [0.25, 0.3) is 0 Å². The van der Waals surface area contributed by atoms with Crippen molar-refractivity contribution in [3.8, 4) is 0 Å². The van der Waals surface area contributed by atoms with Gasteiger partial charge in [0.05, 0.1) is 0 Å². The lowest BCUT2D eigenvalue weighted by Gasteiger charge is -2.14. The normalized spacial score (nSPS) is 13.5. The van der Waals surface area contributed by atoms with E-state index >= 15 is 0 Å². The fourth-order valence-electron chi connectivity index (χ4n) is 1.50. The fraction of sp³-hybridized carbons (Fsp3) is 0.818. The summed E-state index contributed by atoms with van der Waals surface area (Å²) in [6.45, 7) is 10.9. The van der Waals surface area contributed by atoms with Gasteiger partial charge in [-0.15, -0.1) is 0 Å². The number of anilines is 1. The predicted octanol–water partition coefficient (Wildman–Crippen LogP) is 3.51. The van der Waals surface area contributed by atoms with Gasteiger partial charge in [0.15, 0.2) is 0 Å². The Bertz CT molecular complexity index is 294. The molecule has 0 amide bonds. The molecule has 0 fully saturated rings. The maximum atomic E-state index is 4.45. The molecule has 0 aliphatic carbocycles. The SMILES string of the molecule is CC(C)CC(C)Nc1nc(C(C)C)ns1. The fourth-order valence-corrected chi connectivity index (χ4v) is 2.32. The first-order valence-electron chi connectivity index (χ1n) is 5.59. The summed E-state index contributed by atoms with van der Waals surface area (Å²) in [5, 5.41) is 4.34. The molecule has 3 nitrogen and oxygen atoms in total. The van der Waals surface area contributed by atoms with E-state index in [0.29, 0.717) is 17.9 Å². The molecule has 0 aliphatic heterocycles. The summed E-state index contributed by atoms with van der Waals surface area (Å²) in [4.78, 5) is 4.45. The number of hydrogen-bond acceptors (Lipinski definition) is 4. The molecule has 1 atom stereocenters. The lowest BCUT2D eigenvalue weighted by atomic mass is 10.1.